The number of rotatable bonds is 3. The van der Waals surface area contributed by atoms with E-state index in [1.54, 1.807) is 4.68 Å². The summed E-state index contributed by atoms with van der Waals surface area (Å²) in [5.74, 6) is 1.53. The molecule has 15 heavy (non-hydrogen) atoms. The van der Waals surface area contributed by atoms with Gasteiger partial charge in [0.25, 0.3) is 5.56 Å². The summed E-state index contributed by atoms with van der Waals surface area (Å²) >= 11 is 0. The molecule has 0 amide bonds. The fourth-order valence-corrected chi connectivity index (χ4v) is 1.87. The summed E-state index contributed by atoms with van der Waals surface area (Å²) in [6.07, 6.45) is 3.33. The van der Waals surface area contributed by atoms with E-state index in [2.05, 4.69) is 15.1 Å². The molecule has 2 N–H and O–H groups in total. The maximum absolute atomic E-state index is 11.8. The molecule has 1 fully saturated rings. The molecule has 3 rings (SSSR count). The summed E-state index contributed by atoms with van der Waals surface area (Å²) in [7, 11) is 0. The number of nitrogens with zero attached hydrogens (tertiary/aromatic N) is 2. The summed E-state index contributed by atoms with van der Waals surface area (Å²) in [5, 5.41) is 3.03. The lowest BCUT2D eigenvalue weighted by molar-refractivity contribution is 0.588. The van der Waals surface area contributed by atoms with Gasteiger partial charge in [-0.15, -0.1) is 0 Å². The van der Waals surface area contributed by atoms with Crippen LogP contribution in [-0.4, -0.2) is 19.7 Å². The summed E-state index contributed by atoms with van der Waals surface area (Å²) in [5.41, 5.74) is 1.35. The average molecular weight is 206 g/mol. The number of aryl methyl sites for hydroxylation is 1. The normalized spacial score (nSPS) is 16.3. The van der Waals surface area contributed by atoms with E-state index in [0.29, 0.717) is 17.1 Å². The van der Waals surface area contributed by atoms with Crippen molar-refractivity contribution in [1.82, 2.24) is 19.7 Å². The Balaban J connectivity index is 2.10. The molecule has 2 aromatic rings. The topological polar surface area (TPSA) is 66.5 Å². The summed E-state index contributed by atoms with van der Waals surface area (Å²) in [6, 6.07) is 0. The first-order valence-corrected chi connectivity index (χ1v) is 5.48. The second kappa shape index (κ2) is 2.98. The first kappa shape index (κ1) is 8.76. The first-order chi connectivity index (χ1) is 7.29. The Hall–Kier alpha value is -1.52. The molecule has 0 aromatic carbocycles. The molecule has 0 saturated heterocycles. The van der Waals surface area contributed by atoms with Crippen molar-refractivity contribution in [1.29, 1.82) is 0 Å². The number of aromatic amines is 2. The fraction of sp³-hybridized carbons (Fsp3) is 0.600. The van der Waals surface area contributed by atoms with Gasteiger partial charge in [-0.05, 0) is 19.3 Å². The molecule has 0 aliphatic heterocycles. The molecule has 1 aliphatic carbocycles. The van der Waals surface area contributed by atoms with Crippen molar-refractivity contribution in [3.63, 3.8) is 0 Å². The Kier molecular flexibility index (Phi) is 1.74. The van der Waals surface area contributed by atoms with Crippen LogP contribution in [0.25, 0.3) is 11.2 Å². The number of H-pyrrole nitrogens is 2. The van der Waals surface area contributed by atoms with Crippen LogP contribution in [0, 0.1) is 0 Å². The van der Waals surface area contributed by atoms with E-state index in [0.717, 1.165) is 18.8 Å². The van der Waals surface area contributed by atoms with Gasteiger partial charge in [-0.25, -0.2) is 9.67 Å². The number of nitrogens with one attached hydrogen (secondary N) is 2. The zero-order valence-electron chi connectivity index (χ0n) is 8.71. The van der Waals surface area contributed by atoms with Gasteiger partial charge in [0.1, 0.15) is 5.82 Å². The average Bonchev–Trinajstić information content (AvgIpc) is 2.93. The highest BCUT2D eigenvalue weighted by molar-refractivity contribution is 5.69. The van der Waals surface area contributed by atoms with Gasteiger partial charge in [-0.1, -0.05) is 6.92 Å². The molecule has 80 valence electrons. The summed E-state index contributed by atoms with van der Waals surface area (Å²) in [6.45, 7) is 2.77. The molecule has 0 bridgehead atoms. The monoisotopic (exact) mass is 206 g/mol. The van der Waals surface area contributed by atoms with Gasteiger partial charge < -0.3 is 4.98 Å². The molecular formula is C10H14N4O. The van der Waals surface area contributed by atoms with Gasteiger partial charge in [-0.3, -0.25) is 9.89 Å². The second-order valence-electron chi connectivity index (χ2n) is 4.19. The van der Waals surface area contributed by atoms with Crippen LogP contribution < -0.4 is 5.56 Å². The minimum atomic E-state index is 0.0197. The van der Waals surface area contributed by atoms with Gasteiger partial charge >= 0.3 is 0 Å². The van der Waals surface area contributed by atoms with Crippen LogP contribution in [0.3, 0.4) is 0 Å². The lowest BCUT2D eigenvalue weighted by Crippen LogP contribution is -2.16. The number of hydrogen-bond acceptors (Lipinski definition) is 2. The molecule has 0 spiro atoms. The van der Waals surface area contributed by atoms with Crippen molar-refractivity contribution in [3.05, 3.63) is 16.2 Å². The molecule has 5 heteroatoms. The van der Waals surface area contributed by atoms with Crippen molar-refractivity contribution in [2.24, 2.45) is 0 Å². The predicted octanol–water partition coefficient (Wildman–Crippen LogP) is 1.34. The van der Waals surface area contributed by atoms with E-state index in [-0.39, 0.29) is 5.56 Å². The Labute approximate surface area is 86.5 Å². The van der Waals surface area contributed by atoms with Crippen LogP contribution in [0.1, 0.15) is 37.9 Å². The van der Waals surface area contributed by atoms with Gasteiger partial charge in [-0.2, -0.15) is 0 Å². The smallest absolute Gasteiger partial charge is 0.292 e. The van der Waals surface area contributed by atoms with E-state index in [1.165, 1.54) is 12.8 Å². The lowest BCUT2D eigenvalue weighted by atomic mass is 10.4. The molecule has 2 heterocycles. The molecular weight excluding hydrogens is 192 g/mol. The molecule has 5 nitrogen and oxygen atoms in total. The number of aromatic nitrogens is 4. The van der Waals surface area contributed by atoms with Crippen molar-refractivity contribution in [3.8, 4) is 0 Å². The quantitative estimate of drug-likeness (QED) is 0.795. The standard InChI is InChI=1S/C10H14N4O/c1-2-5-14-10(15)7-9(13-14)12-8(11-7)6-3-4-6/h6,13H,2-5H2,1H3,(H,11,12). The van der Waals surface area contributed by atoms with Gasteiger partial charge in [0.15, 0.2) is 11.2 Å². The molecule has 0 radical (unpaired) electrons. The van der Waals surface area contributed by atoms with E-state index >= 15 is 0 Å². The van der Waals surface area contributed by atoms with Crippen LogP contribution in [0.5, 0.6) is 0 Å². The molecule has 0 unspecified atom stereocenters. The largest absolute Gasteiger partial charge is 0.336 e. The van der Waals surface area contributed by atoms with Crippen molar-refractivity contribution < 1.29 is 0 Å². The Morgan fingerprint density at radius 3 is 2.93 bits per heavy atom. The molecule has 0 atom stereocenters. The number of hydrogen-bond donors (Lipinski definition) is 2. The van der Waals surface area contributed by atoms with Crippen LogP contribution in [0.2, 0.25) is 0 Å². The van der Waals surface area contributed by atoms with Gasteiger partial charge in [0.2, 0.25) is 0 Å². The summed E-state index contributed by atoms with van der Waals surface area (Å²) < 4.78 is 1.62. The first-order valence-electron chi connectivity index (χ1n) is 5.48. The van der Waals surface area contributed by atoms with Crippen LogP contribution in [0.15, 0.2) is 4.79 Å². The third-order valence-electron chi connectivity index (χ3n) is 2.83. The second-order valence-corrected chi connectivity index (χ2v) is 4.19. The van der Waals surface area contributed by atoms with Gasteiger partial charge in [0, 0.05) is 12.5 Å². The van der Waals surface area contributed by atoms with E-state index in [1.807, 2.05) is 6.92 Å². The third-order valence-corrected chi connectivity index (χ3v) is 2.83. The highest BCUT2D eigenvalue weighted by atomic mass is 16.1. The third kappa shape index (κ3) is 1.30. The lowest BCUT2D eigenvalue weighted by Gasteiger charge is -1.95. The van der Waals surface area contributed by atoms with Crippen LogP contribution in [0.4, 0.5) is 0 Å². The molecule has 1 aliphatic rings. The minimum absolute atomic E-state index is 0.0197. The van der Waals surface area contributed by atoms with Gasteiger partial charge in [0.05, 0.1) is 0 Å². The fourth-order valence-electron chi connectivity index (χ4n) is 1.87. The van der Waals surface area contributed by atoms with Crippen molar-refractivity contribution >= 4 is 11.2 Å². The van der Waals surface area contributed by atoms with Crippen molar-refractivity contribution in [2.45, 2.75) is 38.6 Å². The Morgan fingerprint density at radius 1 is 1.53 bits per heavy atom. The zero-order valence-corrected chi connectivity index (χ0v) is 8.71. The molecule has 1 saturated carbocycles. The predicted molar refractivity (Wildman–Crippen MR) is 57.0 cm³/mol. The van der Waals surface area contributed by atoms with E-state index in [9.17, 15) is 4.79 Å². The summed E-state index contributed by atoms with van der Waals surface area (Å²) in [4.78, 5) is 19.4. The highest BCUT2D eigenvalue weighted by Gasteiger charge is 2.27. The van der Waals surface area contributed by atoms with Crippen LogP contribution >= 0.6 is 0 Å². The molecule has 2 aromatic heterocycles. The van der Waals surface area contributed by atoms with Crippen LogP contribution in [-0.2, 0) is 6.54 Å². The maximum atomic E-state index is 11.8. The minimum Gasteiger partial charge on any atom is -0.336 e. The maximum Gasteiger partial charge on any atom is 0.292 e. The Bertz CT molecular complexity index is 543. The number of imidazole rings is 1. The van der Waals surface area contributed by atoms with E-state index in [4.69, 9.17) is 0 Å². The van der Waals surface area contributed by atoms with Crippen molar-refractivity contribution in [2.75, 3.05) is 0 Å². The zero-order chi connectivity index (χ0) is 10.4. The number of fused-ring (bicyclic) bond motifs is 1. The SMILES string of the molecule is CCCn1[nH]c2nc(C3CC3)[nH]c2c1=O. The highest BCUT2D eigenvalue weighted by Crippen LogP contribution is 2.38. The Morgan fingerprint density at radius 2 is 2.33 bits per heavy atom. The van der Waals surface area contributed by atoms with E-state index < -0.39 is 0 Å².